The minimum atomic E-state index is -0.575. The van der Waals surface area contributed by atoms with Crippen molar-refractivity contribution in [2.45, 2.75) is 0 Å². The number of hydrogen-bond donors (Lipinski definition) is 0. The van der Waals surface area contributed by atoms with Gasteiger partial charge in [0.25, 0.3) is 0 Å². The Bertz CT molecular complexity index is 1630. The summed E-state index contributed by atoms with van der Waals surface area (Å²) in [6, 6.07) is 23.4. The molecular weight excluding hydrogens is 432 g/mol. The van der Waals surface area contributed by atoms with E-state index in [4.69, 9.17) is 18.3 Å². The molecule has 0 N–H and O–H groups in total. The minimum Gasteiger partial charge on any atom is -0.493 e. The van der Waals surface area contributed by atoms with Crippen LogP contribution in [0.15, 0.2) is 103 Å². The Labute approximate surface area is 194 Å². The molecule has 2 heterocycles. The average molecular weight is 452 g/mol. The Morgan fingerprint density at radius 3 is 2.53 bits per heavy atom. The molecular formula is C28H20O6. The fourth-order valence-corrected chi connectivity index (χ4v) is 3.81. The molecule has 6 heteroatoms. The number of rotatable bonds is 6. The van der Waals surface area contributed by atoms with Crippen LogP contribution in [0.2, 0.25) is 0 Å². The van der Waals surface area contributed by atoms with Crippen LogP contribution in [0.5, 0.6) is 11.5 Å². The molecule has 0 unspecified atom stereocenters. The second-order valence-corrected chi connectivity index (χ2v) is 7.59. The molecule has 0 amide bonds. The van der Waals surface area contributed by atoms with E-state index < -0.39 is 11.3 Å². The Hall–Kier alpha value is -4.58. The van der Waals surface area contributed by atoms with E-state index in [1.54, 1.807) is 36.4 Å². The Morgan fingerprint density at radius 2 is 1.71 bits per heavy atom. The summed E-state index contributed by atoms with van der Waals surface area (Å²) in [5.41, 5.74) is 1.29. The summed E-state index contributed by atoms with van der Waals surface area (Å²) in [4.78, 5) is 25.1. The zero-order chi connectivity index (χ0) is 23.5. The highest BCUT2D eigenvalue weighted by atomic mass is 16.5. The molecule has 6 nitrogen and oxygen atoms in total. The van der Waals surface area contributed by atoms with Gasteiger partial charge >= 0.3 is 11.3 Å². The minimum absolute atomic E-state index is 0.262. The standard InChI is InChI=1S/C28H20O6/c1-31-24-11-5-10-19-15-23(28(30)34-27(19)24)22-17-26(29)33-25-16-20(12-13-21(22)25)32-14-6-9-18-7-3-2-4-8-18/h2-13,15-17H,14H2,1H3. The van der Waals surface area contributed by atoms with Crippen molar-refractivity contribution in [2.24, 2.45) is 0 Å². The summed E-state index contributed by atoms with van der Waals surface area (Å²) in [5.74, 6) is 1.00. The van der Waals surface area contributed by atoms with E-state index in [2.05, 4.69) is 0 Å². The van der Waals surface area contributed by atoms with E-state index in [1.165, 1.54) is 13.2 Å². The van der Waals surface area contributed by atoms with Gasteiger partial charge in [-0.2, -0.15) is 0 Å². The number of methoxy groups -OCH3 is 1. The van der Waals surface area contributed by atoms with E-state index in [0.29, 0.717) is 45.6 Å². The molecule has 168 valence electrons. The first-order valence-corrected chi connectivity index (χ1v) is 10.7. The van der Waals surface area contributed by atoms with Gasteiger partial charge in [0.1, 0.15) is 17.9 Å². The molecule has 0 aliphatic heterocycles. The van der Waals surface area contributed by atoms with Crippen molar-refractivity contribution in [3.05, 3.63) is 111 Å². The fraction of sp³-hybridized carbons (Fsp3) is 0.0714. The van der Waals surface area contributed by atoms with Gasteiger partial charge in [-0.1, -0.05) is 48.5 Å². The molecule has 0 bridgehead atoms. The van der Waals surface area contributed by atoms with Crippen molar-refractivity contribution in [1.29, 1.82) is 0 Å². The third-order valence-corrected chi connectivity index (χ3v) is 5.41. The van der Waals surface area contributed by atoms with Gasteiger partial charge < -0.3 is 18.3 Å². The van der Waals surface area contributed by atoms with Crippen LogP contribution >= 0.6 is 0 Å². The van der Waals surface area contributed by atoms with Crippen LogP contribution < -0.4 is 20.7 Å². The van der Waals surface area contributed by atoms with Gasteiger partial charge in [-0.15, -0.1) is 0 Å². The Kier molecular flexibility index (Phi) is 5.70. The van der Waals surface area contributed by atoms with Crippen LogP contribution in [0.1, 0.15) is 5.56 Å². The van der Waals surface area contributed by atoms with Crippen LogP contribution in [0.25, 0.3) is 39.1 Å². The van der Waals surface area contributed by atoms with Gasteiger partial charge in [0.05, 0.1) is 12.7 Å². The van der Waals surface area contributed by atoms with Crippen molar-refractivity contribution >= 4 is 28.0 Å². The maximum atomic E-state index is 12.8. The normalized spacial score (nSPS) is 11.3. The highest BCUT2D eigenvalue weighted by Gasteiger charge is 2.15. The monoisotopic (exact) mass is 452 g/mol. The van der Waals surface area contributed by atoms with Gasteiger partial charge in [-0.25, -0.2) is 9.59 Å². The van der Waals surface area contributed by atoms with Gasteiger partial charge in [-0.05, 0) is 35.9 Å². The van der Waals surface area contributed by atoms with Crippen molar-refractivity contribution < 1.29 is 18.3 Å². The van der Waals surface area contributed by atoms with E-state index in [0.717, 1.165) is 5.56 Å². The summed E-state index contributed by atoms with van der Waals surface area (Å²) in [6.45, 7) is 0.348. The fourth-order valence-electron chi connectivity index (χ4n) is 3.81. The molecule has 34 heavy (non-hydrogen) atoms. The van der Waals surface area contributed by atoms with E-state index >= 15 is 0 Å². The molecule has 0 radical (unpaired) electrons. The van der Waals surface area contributed by atoms with Crippen molar-refractivity contribution in [1.82, 2.24) is 0 Å². The predicted octanol–water partition coefficient (Wildman–Crippen LogP) is 5.67. The van der Waals surface area contributed by atoms with E-state index in [-0.39, 0.29) is 5.56 Å². The van der Waals surface area contributed by atoms with Crippen LogP contribution in [-0.4, -0.2) is 13.7 Å². The molecule has 5 rings (SSSR count). The summed E-state index contributed by atoms with van der Waals surface area (Å²) >= 11 is 0. The number of ether oxygens (including phenoxy) is 2. The van der Waals surface area contributed by atoms with Crippen LogP contribution in [0, 0.1) is 0 Å². The first-order valence-electron chi connectivity index (χ1n) is 10.7. The molecule has 2 aromatic heterocycles. The first-order chi connectivity index (χ1) is 16.6. The maximum absolute atomic E-state index is 12.8. The second-order valence-electron chi connectivity index (χ2n) is 7.59. The molecule has 0 atom stereocenters. The molecule has 0 fully saturated rings. The van der Waals surface area contributed by atoms with E-state index in [9.17, 15) is 9.59 Å². The molecule has 0 aliphatic rings. The van der Waals surface area contributed by atoms with Crippen molar-refractivity contribution in [3.8, 4) is 22.6 Å². The van der Waals surface area contributed by atoms with Gasteiger partial charge in [0, 0.05) is 28.5 Å². The first kappa shape index (κ1) is 21.3. The summed E-state index contributed by atoms with van der Waals surface area (Å²) < 4.78 is 22.0. The number of fused-ring (bicyclic) bond motifs is 2. The lowest BCUT2D eigenvalue weighted by Crippen LogP contribution is -2.07. The maximum Gasteiger partial charge on any atom is 0.344 e. The number of para-hydroxylation sites is 1. The molecule has 0 saturated carbocycles. The largest absolute Gasteiger partial charge is 0.493 e. The number of hydrogen-bond acceptors (Lipinski definition) is 6. The Balaban J connectivity index is 1.49. The van der Waals surface area contributed by atoms with Crippen molar-refractivity contribution in [2.75, 3.05) is 13.7 Å². The molecule has 0 spiro atoms. The van der Waals surface area contributed by atoms with Gasteiger partial charge in [0.15, 0.2) is 11.3 Å². The highest BCUT2D eigenvalue weighted by Crippen LogP contribution is 2.31. The summed E-state index contributed by atoms with van der Waals surface area (Å²) in [6.07, 6.45) is 3.87. The smallest absolute Gasteiger partial charge is 0.344 e. The van der Waals surface area contributed by atoms with Gasteiger partial charge in [0.2, 0.25) is 0 Å². The van der Waals surface area contributed by atoms with Crippen LogP contribution in [0.3, 0.4) is 0 Å². The third-order valence-electron chi connectivity index (χ3n) is 5.41. The lowest BCUT2D eigenvalue weighted by Gasteiger charge is -2.09. The van der Waals surface area contributed by atoms with E-state index in [1.807, 2.05) is 48.6 Å². The quantitative estimate of drug-likeness (QED) is 0.309. The molecule has 0 saturated heterocycles. The third kappa shape index (κ3) is 4.21. The summed E-state index contributed by atoms with van der Waals surface area (Å²) in [5, 5.41) is 1.28. The number of benzene rings is 3. The molecule has 3 aromatic carbocycles. The lowest BCUT2D eigenvalue weighted by molar-refractivity contribution is 0.363. The van der Waals surface area contributed by atoms with Crippen LogP contribution in [0.4, 0.5) is 0 Å². The second kappa shape index (κ2) is 9.11. The summed E-state index contributed by atoms with van der Waals surface area (Å²) in [7, 11) is 1.51. The predicted molar refractivity (Wildman–Crippen MR) is 131 cm³/mol. The van der Waals surface area contributed by atoms with Crippen LogP contribution in [-0.2, 0) is 0 Å². The molecule has 0 aliphatic carbocycles. The van der Waals surface area contributed by atoms with Gasteiger partial charge in [-0.3, -0.25) is 0 Å². The average Bonchev–Trinajstić information content (AvgIpc) is 2.86. The van der Waals surface area contributed by atoms with Crippen molar-refractivity contribution in [3.63, 3.8) is 0 Å². The molecule has 5 aromatic rings. The topological polar surface area (TPSA) is 78.9 Å². The highest BCUT2D eigenvalue weighted by molar-refractivity contribution is 5.96. The lowest BCUT2D eigenvalue weighted by atomic mass is 10.0. The zero-order valence-corrected chi connectivity index (χ0v) is 18.3. The Morgan fingerprint density at radius 1 is 0.853 bits per heavy atom. The zero-order valence-electron chi connectivity index (χ0n) is 18.3. The SMILES string of the molecule is COc1cccc2cc(-c3cc(=O)oc4cc(OCC=Cc5ccccc5)ccc34)c(=O)oc12.